The van der Waals surface area contributed by atoms with Crippen molar-refractivity contribution >= 4 is 28.9 Å². The molecule has 2 rings (SSSR count). The lowest BCUT2D eigenvalue weighted by Gasteiger charge is -2.18. The number of nitrogens with zero attached hydrogens (tertiary/aromatic N) is 1. The summed E-state index contributed by atoms with van der Waals surface area (Å²) in [5.41, 5.74) is 1.51. The molecule has 0 bridgehead atoms. The van der Waals surface area contributed by atoms with Crippen molar-refractivity contribution in [3.63, 3.8) is 0 Å². The van der Waals surface area contributed by atoms with Gasteiger partial charge in [-0.05, 0) is 36.4 Å². The predicted molar refractivity (Wildman–Crippen MR) is 93.4 cm³/mol. The van der Waals surface area contributed by atoms with Crippen molar-refractivity contribution < 1.29 is 23.0 Å². The Morgan fingerprint density at radius 1 is 1.16 bits per heavy atom. The Balaban J connectivity index is 2.28. The number of carbonyl (C=O) groups excluding carboxylic acids is 1. The van der Waals surface area contributed by atoms with Crippen molar-refractivity contribution in [2.75, 3.05) is 31.4 Å². The van der Waals surface area contributed by atoms with E-state index in [4.69, 9.17) is 16.3 Å². The fraction of sp³-hybridized carbons (Fsp3) is 0.235. The summed E-state index contributed by atoms with van der Waals surface area (Å²) in [5.74, 6) is -0.551. The van der Waals surface area contributed by atoms with Gasteiger partial charge in [0.15, 0.2) is 11.5 Å². The first-order valence-electron chi connectivity index (χ1n) is 7.23. The minimum absolute atomic E-state index is 0.0341. The molecule has 8 heteroatoms. The van der Waals surface area contributed by atoms with Crippen molar-refractivity contribution in [2.45, 2.75) is 6.61 Å². The maximum Gasteiger partial charge on any atom is 0.387 e. The van der Waals surface area contributed by atoms with E-state index in [9.17, 15) is 13.6 Å². The molecule has 2 aromatic carbocycles. The van der Waals surface area contributed by atoms with Gasteiger partial charge in [-0.3, -0.25) is 4.79 Å². The zero-order chi connectivity index (χ0) is 18.6. The van der Waals surface area contributed by atoms with E-state index in [-0.39, 0.29) is 17.1 Å². The third-order valence-corrected chi connectivity index (χ3v) is 3.57. The molecule has 0 unspecified atom stereocenters. The molecule has 0 atom stereocenters. The molecule has 2 aromatic rings. The first kappa shape index (κ1) is 18.8. The normalized spacial score (nSPS) is 10.5. The lowest BCUT2D eigenvalue weighted by Crippen LogP contribution is -2.17. The monoisotopic (exact) mass is 370 g/mol. The number of hydrogen-bond acceptors (Lipinski definition) is 4. The molecule has 0 aliphatic heterocycles. The molecule has 5 nitrogen and oxygen atoms in total. The van der Waals surface area contributed by atoms with E-state index in [1.807, 2.05) is 19.0 Å². The van der Waals surface area contributed by atoms with Crippen molar-refractivity contribution in [2.24, 2.45) is 0 Å². The number of hydrogen-bond donors (Lipinski definition) is 1. The standard InChI is InChI=1S/C17H17ClF2N2O3/c1-22(2)13-6-5-11(18)9-12(13)21-16(23)10-4-7-14(25-17(19)20)15(8-10)24-3/h4-9,17H,1-3H3,(H,21,23). The van der Waals surface area contributed by atoms with Crippen molar-refractivity contribution in [1.82, 2.24) is 0 Å². The third-order valence-electron chi connectivity index (χ3n) is 3.33. The van der Waals surface area contributed by atoms with Crippen LogP contribution in [0.3, 0.4) is 0 Å². The maximum atomic E-state index is 12.5. The molecule has 0 radical (unpaired) electrons. The summed E-state index contributed by atoms with van der Waals surface area (Å²) in [6.07, 6.45) is 0. The first-order chi connectivity index (χ1) is 11.8. The van der Waals surface area contributed by atoms with E-state index in [2.05, 4.69) is 10.1 Å². The summed E-state index contributed by atoms with van der Waals surface area (Å²) in [6.45, 7) is -2.98. The Labute approximate surface area is 149 Å². The van der Waals surface area contributed by atoms with E-state index in [1.165, 1.54) is 25.3 Å². The summed E-state index contributed by atoms with van der Waals surface area (Å²) >= 11 is 5.99. The molecule has 0 fully saturated rings. The molecule has 0 saturated heterocycles. The number of halogens is 3. The second kappa shape index (κ2) is 8.02. The molecule has 0 aliphatic rings. The molecule has 0 spiro atoms. The van der Waals surface area contributed by atoms with Crippen LogP contribution in [0.25, 0.3) is 0 Å². The fourth-order valence-corrected chi connectivity index (χ4v) is 2.37. The van der Waals surface area contributed by atoms with Gasteiger partial charge in [-0.25, -0.2) is 0 Å². The Bertz CT molecular complexity index is 770. The zero-order valence-electron chi connectivity index (χ0n) is 13.8. The molecule has 0 aromatic heterocycles. The lowest BCUT2D eigenvalue weighted by molar-refractivity contribution is -0.0512. The Morgan fingerprint density at radius 3 is 2.48 bits per heavy atom. The van der Waals surface area contributed by atoms with E-state index >= 15 is 0 Å². The number of amides is 1. The summed E-state index contributed by atoms with van der Waals surface area (Å²) in [7, 11) is 4.97. The Hall–Kier alpha value is -2.54. The van der Waals surface area contributed by atoms with Gasteiger partial charge in [-0.1, -0.05) is 11.6 Å². The van der Waals surface area contributed by atoms with Crippen LogP contribution in [0.2, 0.25) is 5.02 Å². The Kier molecular flexibility index (Phi) is 6.03. The predicted octanol–water partition coefficient (Wildman–Crippen LogP) is 4.27. The van der Waals surface area contributed by atoms with Crippen LogP contribution in [0.1, 0.15) is 10.4 Å². The number of carbonyl (C=O) groups is 1. The van der Waals surface area contributed by atoms with Crippen LogP contribution in [0.15, 0.2) is 36.4 Å². The number of rotatable bonds is 6. The molecule has 1 N–H and O–H groups in total. The van der Waals surface area contributed by atoms with Crippen LogP contribution in [-0.4, -0.2) is 33.7 Å². The van der Waals surface area contributed by atoms with Gasteiger partial charge in [0.2, 0.25) is 0 Å². The average Bonchev–Trinajstić information content (AvgIpc) is 2.54. The maximum absolute atomic E-state index is 12.5. The van der Waals surface area contributed by atoms with Crippen molar-refractivity contribution in [3.05, 3.63) is 47.0 Å². The van der Waals surface area contributed by atoms with Crippen LogP contribution >= 0.6 is 11.6 Å². The van der Waals surface area contributed by atoms with Crippen LogP contribution < -0.4 is 19.7 Å². The molecule has 1 amide bonds. The molecular weight excluding hydrogens is 354 g/mol. The van der Waals surface area contributed by atoms with Gasteiger partial charge >= 0.3 is 6.61 Å². The van der Waals surface area contributed by atoms with Gasteiger partial charge in [0.25, 0.3) is 5.91 Å². The number of methoxy groups -OCH3 is 1. The number of nitrogens with one attached hydrogen (secondary N) is 1. The largest absolute Gasteiger partial charge is 0.493 e. The quantitative estimate of drug-likeness (QED) is 0.825. The fourth-order valence-electron chi connectivity index (χ4n) is 2.20. The number of alkyl halides is 2. The average molecular weight is 371 g/mol. The zero-order valence-corrected chi connectivity index (χ0v) is 14.6. The van der Waals surface area contributed by atoms with Crippen LogP contribution in [0, 0.1) is 0 Å². The van der Waals surface area contributed by atoms with E-state index in [0.717, 1.165) is 5.69 Å². The van der Waals surface area contributed by atoms with Crippen LogP contribution in [-0.2, 0) is 0 Å². The number of benzene rings is 2. The van der Waals surface area contributed by atoms with Crippen molar-refractivity contribution in [3.8, 4) is 11.5 Å². The minimum atomic E-state index is -2.98. The molecule has 25 heavy (non-hydrogen) atoms. The van der Waals surface area contributed by atoms with Gasteiger partial charge in [0.1, 0.15) is 0 Å². The van der Waals surface area contributed by atoms with Gasteiger partial charge in [0, 0.05) is 24.7 Å². The summed E-state index contributed by atoms with van der Waals surface area (Å²) in [6, 6.07) is 9.07. The SMILES string of the molecule is COc1cc(C(=O)Nc2cc(Cl)ccc2N(C)C)ccc1OC(F)F. The van der Waals surface area contributed by atoms with Gasteiger partial charge < -0.3 is 19.7 Å². The second-order valence-corrected chi connectivity index (χ2v) is 5.69. The Morgan fingerprint density at radius 2 is 1.88 bits per heavy atom. The second-order valence-electron chi connectivity index (χ2n) is 5.25. The molecule has 134 valence electrons. The highest BCUT2D eigenvalue weighted by Crippen LogP contribution is 2.31. The first-order valence-corrected chi connectivity index (χ1v) is 7.60. The van der Waals surface area contributed by atoms with Crippen LogP contribution in [0.5, 0.6) is 11.5 Å². The lowest BCUT2D eigenvalue weighted by atomic mass is 10.1. The molecule has 0 aliphatic carbocycles. The molecule has 0 heterocycles. The van der Waals surface area contributed by atoms with Crippen molar-refractivity contribution in [1.29, 1.82) is 0 Å². The third kappa shape index (κ3) is 4.73. The van der Waals surface area contributed by atoms with E-state index in [0.29, 0.717) is 10.7 Å². The summed E-state index contributed by atoms with van der Waals surface area (Å²) in [4.78, 5) is 14.3. The number of ether oxygens (including phenoxy) is 2. The van der Waals surface area contributed by atoms with E-state index < -0.39 is 12.5 Å². The van der Waals surface area contributed by atoms with E-state index in [1.54, 1.807) is 18.2 Å². The van der Waals surface area contributed by atoms with Crippen LogP contribution in [0.4, 0.5) is 20.2 Å². The highest BCUT2D eigenvalue weighted by Gasteiger charge is 2.16. The summed E-state index contributed by atoms with van der Waals surface area (Å²) in [5, 5.41) is 3.22. The van der Waals surface area contributed by atoms with Gasteiger partial charge in [-0.15, -0.1) is 0 Å². The molecule has 0 saturated carbocycles. The molecular formula is C17H17ClF2N2O3. The van der Waals surface area contributed by atoms with Gasteiger partial charge in [0.05, 0.1) is 18.5 Å². The highest BCUT2D eigenvalue weighted by atomic mass is 35.5. The topological polar surface area (TPSA) is 50.8 Å². The smallest absolute Gasteiger partial charge is 0.387 e. The number of anilines is 2. The minimum Gasteiger partial charge on any atom is -0.493 e. The summed E-state index contributed by atoms with van der Waals surface area (Å²) < 4.78 is 34.1. The van der Waals surface area contributed by atoms with Gasteiger partial charge in [-0.2, -0.15) is 8.78 Å². The highest BCUT2D eigenvalue weighted by molar-refractivity contribution is 6.31.